The van der Waals surface area contributed by atoms with Crippen molar-refractivity contribution in [1.29, 1.82) is 0 Å². The van der Waals surface area contributed by atoms with E-state index in [1.165, 1.54) is 5.56 Å². The molecule has 0 radical (unpaired) electrons. The van der Waals surface area contributed by atoms with Crippen LogP contribution in [0.4, 0.5) is 0 Å². The summed E-state index contributed by atoms with van der Waals surface area (Å²) in [5, 5.41) is 6.66. The van der Waals surface area contributed by atoms with Crippen molar-refractivity contribution in [2.75, 3.05) is 27.2 Å². The zero-order valence-electron chi connectivity index (χ0n) is 15.7. The van der Waals surface area contributed by atoms with Crippen LogP contribution in [-0.2, 0) is 12.8 Å². The number of aromatic amines is 1. The zero-order chi connectivity index (χ0) is 18.2. The smallest absolute Gasteiger partial charge is 0.191 e. The molecule has 0 amide bonds. The first-order valence-electron chi connectivity index (χ1n) is 8.80. The van der Waals surface area contributed by atoms with Crippen LogP contribution in [0.25, 0.3) is 11.0 Å². The number of methoxy groups -OCH3 is 1. The molecule has 0 aliphatic carbocycles. The van der Waals surface area contributed by atoms with Crippen LogP contribution in [0.1, 0.15) is 11.4 Å². The Kier molecular flexibility index (Phi) is 8.38. The van der Waals surface area contributed by atoms with Crippen LogP contribution in [-0.4, -0.2) is 43.2 Å². The Balaban J connectivity index is 0.00000261. The number of imidazole rings is 1. The molecule has 0 unspecified atom stereocenters. The van der Waals surface area contributed by atoms with Crippen molar-refractivity contribution in [3.8, 4) is 5.75 Å². The number of para-hydroxylation sites is 3. The fourth-order valence-electron chi connectivity index (χ4n) is 2.87. The van der Waals surface area contributed by atoms with E-state index in [0.717, 1.165) is 54.5 Å². The second kappa shape index (κ2) is 10.8. The molecule has 3 rings (SSSR count). The van der Waals surface area contributed by atoms with Gasteiger partial charge in [0, 0.05) is 26.6 Å². The number of ether oxygens (including phenoxy) is 1. The predicted molar refractivity (Wildman–Crippen MR) is 121 cm³/mol. The summed E-state index contributed by atoms with van der Waals surface area (Å²) >= 11 is 0. The minimum Gasteiger partial charge on any atom is -0.496 e. The van der Waals surface area contributed by atoms with Crippen LogP contribution in [0.5, 0.6) is 5.75 Å². The number of benzene rings is 2. The topological polar surface area (TPSA) is 74.3 Å². The summed E-state index contributed by atoms with van der Waals surface area (Å²) < 4.78 is 5.38. The largest absolute Gasteiger partial charge is 0.496 e. The normalized spacial score (nSPS) is 11.1. The number of guanidine groups is 1. The fraction of sp³-hybridized carbons (Fsp3) is 0.300. The third-order valence-corrected chi connectivity index (χ3v) is 4.20. The molecule has 0 saturated carbocycles. The number of H-pyrrole nitrogens is 1. The van der Waals surface area contributed by atoms with E-state index in [0.29, 0.717) is 0 Å². The molecule has 0 fully saturated rings. The average Bonchev–Trinajstić information content (AvgIpc) is 3.10. The number of hydrogen-bond acceptors (Lipinski definition) is 3. The average molecular weight is 479 g/mol. The standard InChI is InChI=1S/C20H25N5O.HI/c1-21-20(22-13-11-15-7-3-6-10-18(15)26-2)23-14-12-19-24-16-8-4-5-9-17(16)25-19;/h3-10H,11-14H2,1-2H3,(H,24,25)(H2,21,22,23);1H. The third kappa shape index (κ3) is 5.85. The molecule has 0 aliphatic rings. The molecule has 6 nitrogen and oxygen atoms in total. The molecule has 0 aliphatic heterocycles. The number of nitrogens with zero attached hydrogens (tertiary/aromatic N) is 2. The van der Waals surface area contributed by atoms with Crippen molar-refractivity contribution in [2.24, 2.45) is 4.99 Å². The van der Waals surface area contributed by atoms with Gasteiger partial charge in [0.05, 0.1) is 18.1 Å². The first-order chi connectivity index (χ1) is 12.8. The molecular weight excluding hydrogens is 453 g/mol. The molecule has 1 heterocycles. The Hall–Kier alpha value is -2.29. The molecule has 1 aromatic heterocycles. The van der Waals surface area contributed by atoms with Gasteiger partial charge in [-0.25, -0.2) is 4.98 Å². The molecule has 3 aromatic rings. The summed E-state index contributed by atoms with van der Waals surface area (Å²) in [6, 6.07) is 16.1. The minimum atomic E-state index is 0. The van der Waals surface area contributed by atoms with Gasteiger partial charge in [0.2, 0.25) is 0 Å². The first kappa shape index (κ1) is 21.0. The highest BCUT2D eigenvalue weighted by Gasteiger charge is 2.04. The highest BCUT2D eigenvalue weighted by Crippen LogP contribution is 2.17. The lowest BCUT2D eigenvalue weighted by Crippen LogP contribution is -2.39. The zero-order valence-corrected chi connectivity index (χ0v) is 18.0. The Morgan fingerprint density at radius 1 is 1.04 bits per heavy atom. The summed E-state index contributed by atoms with van der Waals surface area (Å²) in [7, 11) is 3.48. The van der Waals surface area contributed by atoms with E-state index in [1.807, 2.05) is 42.5 Å². The Labute approximate surface area is 176 Å². The van der Waals surface area contributed by atoms with Gasteiger partial charge in [0.15, 0.2) is 5.96 Å². The number of halogens is 1. The van der Waals surface area contributed by atoms with E-state index in [-0.39, 0.29) is 24.0 Å². The van der Waals surface area contributed by atoms with Crippen LogP contribution >= 0.6 is 24.0 Å². The summed E-state index contributed by atoms with van der Waals surface area (Å²) in [4.78, 5) is 12.2. The van der Waals surface area contributed by atoms with E-state index in [2.05, 4.69) is 31.7 Å². The number of hydrogen-bond donors (Lipinski definition) is 3. The monoisotopic (exact) mass is 479 g/mol. The number of aliphatic imine (C=N–C) groups is 1. The molecule has 0 bridgehead atoms. The molecular formula is C20H26IN5O. The lowest BCUT2D eigenvalue weighted by Gasteiger charge is -2.12. The van der Waals surface area contributed by atoms with Gasteiger partial charge in [0.25, 0.3) is 0 Å². The maximum absolute atomic E-state index is 5.38. The van der Waals surface area contributed by atoms with Gasteiger partial charge in [-0.1, -0.05) is 30.3 Å². The Morgan fingerprint density at radius 3 is 2.48 bits per heavy atom. The summed E-state index contributed by atoms with van der Waals surface area (Å²) in [6.07, 6.45) is 1.68. The van der Waals surface area contributed by atoms with Crippen LogP contribution in [0, 0.1) is 0 Å². The lowest BCUT2D eigenvalue weighted by molar-refractivity contribution is 0.409. The van der Waals surface area contributed by atoms with E-state index in [1.54, 1.807) is 14.2 Å². The minimum absolute atomic E-state index is 0. The maximum Gasteiger partial charge on any atom is 0.191 e. The summed E-state index contributed by atoms with van der Waals surface area (Å²) in [5.74, 6) is 2.68. The van der Waals surface area contributed by atoms with Gasteiger partial charge in [-0.2, -0.15) is 0 Å². The molecule has 0 spiro atoms. The quantitative estimate of drug-likeness (QED) is 0.277. The second-order valence-corrected chi connectivity index (χ2v) is 5.94. The van der Waals surface area contributed by atoms with Crippen molar-refractivity contribution < 1.29 is 4.74 Å². The van der Waals surface area contributed by atoms with E-state index < -0.39 is 0 Å². The highest BCUT2D eigenvalue weighted by molar-refractivity contribution is 14.0. The van der Waals surface area contributed by atoms with E-state index in [4.69, 9.17) is 4.74 Å². The SMILES string of the molecule is CN=C(NCCc1nc2ccccc2[nH]1)NCCc1ccccc1OC.I. The van der Waals surface area contributed by atoms with Crippen LogP contribution in [0.15, 0.2) is 53.5 Å². The molecule has 2 aromatic carbocycles. The van der Waals surface area contributed by atoms with Crippen molar-refractivity contribution in [3.63, 3.8) is 0 Å². The van der Waals surface area contributed by atoms with Crippen LogP contribution in [0.2, 0.25) is 0 Å². The number of rotatable bonds is 7. The molecule has 7 heteroatoms. The van der Waals surface area contributed by atoms with Gasteiger partial charge in [-0.3, -0.25) is 4.99 Å². The van der Waals surface area contributed by atoms with Gasteiger partial charge < -0.3 is 20.4 Å². The van der Waals surface area contributed by atoms with Gasteiger partial charge in [0.1, 0.15) is 11.6 Å². The molecule has 27 heavy (non-hydrogen) atoms. The molecule has 144 valence electrons. The van der Waals surface area contributed by atoms with E-state index >= 15 is 0 Å². The van der Waals surface area contributed by atoms with Gasteiger partial charge in [-0.15, -0.1) is 24.0 Å². The third-order valence-electron chi connectivity index (χ3n) is 4.20. The summed E-state index contributed by atoms with van der Waals surface area (Å²) in [5.41, 5.74) is 3.25. The van der Waals surface area contributed by atoms with Crippen molar-refractivity contribution in [3.05, 3.63) is 59.9 Å². The predicted octanol–water partition coefficient (Wildman–Crippen LogP) is 3.14. The summed E-state index contributed by atoms with van der Waals surface area (Å²) in [6.45, 7) is 1.54. The highest BCUT2D eigenvalue weighted by atomic mass is 127. The number of nitrogens with one attached hydrogen (secondary N) is 3. The van der Waals surface area contributed by atoms with Gasteiger partial charge >= 0.3 is 0 Å². The van der Waals surface area contributed by atoms with Gasteiger partial charge in [-0.05, 0) is 30.2 Å². The van der Waals surface area contributed by atoms with Crippen LogP contribution < -0.4 is 15.4 Å². The lowest BCUT2D eigenvalue weighted by atomic mass is 10.1. The van der Waals surface area contributed by atoms with Crippen molar-refractivity contribution >= 4 is 41.0 Å². The van der Waals surface area contributed by atoms with Crippen molar-refractivity contribution in [1.82, 2.24) is 20.6 Å². The Bertz CT molecular complexity index is 844. The van der Waals surface area contributed by atoms with E-state index in [9.17, 15) is 0 Å². The van der Waals surface area contributed by atoms with Crippen LogP contribution in [0.3, 0.4) is 0 Å². The fourth-order valence-corrected chi connectivity index (χ4v) is 2.87. The van der Waals surface area contributed by atoms with Crippen molar-refractivity contribution in [2.45, 2.75) is 12.8 Å². The Morgan fingerprint density at radius 2 is 1.74 bits per heavy atom. The first-order valence-corrected chi connectivity index (χ1v) is 8.80. The molecule has 0 atom stereocenters. The molecule has 3 N–H and O–H groups in total. The molecule has 0 saturated heterocycles. The second-order valence-electron chi connectivity index (χ2n) is 5.94. The number of aromatic nitrogens is 2. The number of fused-ring (bicyclic) bond motifs is 1. The maximum atomic E-state index is 5.38.